The molecule has 0 spiro atoms. The summed E-state index contributed by atoms with van der Waals surface area (Å²) < 4.78 is 5.35. The normalized spacial score (nSPS) is 21.0. The summed E-state index contributed by atoms with van der Waals surface area (Å²) in [6, 6.07) is 6.78. The van der Waals surface area contributed by atoms with Crippen LogP contribution in [0.4, 0.5) is 0 Å². The van der Waals surface area contributed by atoms with E-state index in [1.807, 2.05) is 44.2 Å². The van der Waals surface area contributed by atoms with Gasteiger partial charge in [-0.15, -0.1) is 11.3 Å². The summed E-state index contributed by atoms with van der Waals surface area (Å²) in [6.45, 7) is 7.87. The zero-order valence-electron chi connectivity index (χ0n) is 24.5. The molecule has 0 radical (unpaired) electrons. The minimum atomic E-state index is -0.970. The lowest BCUT2D eigenvalue weighted by molar-refractivity contribution is -0.139. The van der Waals surface area contributed by atoms with Gasteiger partial charge in [-0.25, -0.2) is 4.98 Å². The van der Waals surface area contributed by atoms with E-state index in [1.54, 1.807) is 13.8 Å². The number of aromatic nitrogens is 1. The molecule has 12 heteroatoms. The molecular formula is C30H39N5O6S. The minimum Gasteiger partial charge on any atom is -0.361 e. The van der Waals surface area contributed by atoms with Crippen molar-refractivity contribution in [1.82, 2.24) is 25.8 Å². The number of carbonyl (C=O) groups excluding carboxylic acids is 5. The molecule has 2 aliphatic heterocycles. The number of thiazole rings is 1. The van der Waals surface area contributed by atoms with Gasteiger partial charge in [-0.2, -0.15) is 0 Å². The second-order valence-electron chi connectivity index (χ2n) is 11.5. The second-order valence-corrected chi connectivity index (χ2v) is 12.7. The van der Waals surface area contributed by atoms with E-state index in [-0.39, 0.29) is 30.6 Å². The van der Waals surface area contributed by atoms with E-state index in [2.05, 4.69) is 20.9 Å². The molecule has 2 saturated heterocycles. The summed E-state index contributed by atoms with van der Waals surface area (Å²) in [4.78, 5) is 71.6. The molecule has 2 fully saturated rings. The molecule has 4 rings (SSSR count). The van der Waals surface area contributed by atoms with Gasteiger partial charge in [0.15, 0.2) is 5.78 Å². The molecule has 1 aromatic carbocycles. The molecule has 0 aliphatic carbocycles. The van der Waals surface area contributed by atoms with Crippen LogP contribution in [0.5, 0.6) is 0 Å². The molecule has 3 heterocycles. The molecular weight excluding hydrogens is 558 g/mol. The van der Waals surface area contributed by atoms with Crippen LogP contribution in [0.15, 0.2) is 36.5 Å². The lowest BCUT2D eigenvalue weighted by atomic mass is 9.93. The zero-order valence-corrected chi connectivity index (χ0v) is 25.3. The largest absolute Gasteiger partial charge is 0.361 e. The lowest BCUT2D eigenvalue weighted by Gasteiger charge is -2.28. The number of aryl methyl sites for hydroxylation is 1. The maximum absolute atomic E-state index is 13.6. The number of hydrogen-bond acceptors (Lipinski definition) is 8. The van der Waals surface area contributed by atoms with Crippen molar-refractivity contribution < 1.29 is 28.7 Å². The molecule has 0 saturated carbocycles. The molecule has 0 bridgehead atoms. The first-order chi connectivity index (χ1) is 20.0. The van der Waals surface area contributed by atoms with Crippen molar-refractivity contribution in [3.05, 3.63) is 52.0 Å². The molecule has 1 unspecified atom stereocenters. The van der Waals surface area contributed by atoms with Crippen molar-refractivity contribution in [3.8, 4) is 0 Å². The lowest BCUT2D eigenvalue weighted by Crippen LogP contribution is -2.57. The van der Waals surface area contributed by atoms with E-state index in [1.165, 1.54) is 22.4 Å². The van der Waals surface area contributed by atoms with Gasteiger partial charge in [-0.05, 0) is 44.6 Å². The zero-order chi connectivity index (χ0) is 30.4. The summed E-state index contributed by atoms with van der Waals surface area (Å²) in [6.07, 6.45) is 3.16. The van der Waals surface area contributed by atoms with E-state index < -0.39 is 41.4 Å². The highest BCUT2D eigenvalue weighted by atomic mass is 32.1. The number of rotatable bonds is 13. The standard InChI is InChI=1S/C30H39N5O6S/c1-18(2)13-21(26(37)30(4)17-41-30)33-27(38)22(14-20-9-6-5-7-10-20)34-28(39)23-11-8-12-35(23)25(36)16-32-29(40)24-15-31-19(3)42-24/h5-7,9-10,15,18,21-23H,8,11-14,16-17H2,1-4H3,(H,32,40)(H,33,38)(H,34,39)/t21?,22-,23-,30+/m0/s1. The number of Topliss-reactive ketones (excluding diaryl/α,β-unsaturated/α-hetero) is 1. The summed E-state index contributed by atoms with van der Waals surface area (Å²) in [5.41, 5.74) is -0.0631. The van der Waals surface area contributed by atoms with E-state index in [4.69, 9.17) is 4.74 Å². The predicted molar refractivity (Wildman–Crippen MR) is 157 cm³/mol. The first kappa shape index (κ1) is 31.3. The van der Waals surface area contributed by atoms with Crippen LogP contribution in [-0.2, 0) is 30.3 Å². The summed E-state index contributed by atoms with van der Waals surface area (Å²) in [5, 5.41) is 9.09. The minimum absolute atomic E-state index is 0.141. The first-order valence-electron chi connectivity index (χ1n) is 14.3. The number of carbonyl (C=O) groups is 5. The van der Waals surface area contributed by atoms with Gasteiger partial charge in [-0.1, -0.05) is 44.2 Å². The molecule has 226 valence electrons. The fourth-order valence-corrected chi connectivity index (χ4v) is 5.76. The molecule has 11 nitrogen and oxygen atoms in total. The number of epoxide rings is 1. The van der Waals surface area contributed by atoms with Crippen LogP contribution in [0.25, 0.3) is 0 Å². The number of amides is 4. The Morgan fingerprint density at radius 1 is 1.12 bits per heavy atom. The number of ether oxygens (including phenoxy) is 1. The van der Waals surface area contributed by atoms with Crippen molar-refractivity contribution in [2.75, 3.05) is 19.7 Å². The van der Waals surface area contributed by atoms with Gasteiger partial charge < -0.3 is 25.6 Å². The van der Waals surface area contributed by atoms with Gasteiger partial charge in [0, 0.05) is 13.0 Å². The Morgan fingerprint density at radius 3 is 2.45 bits per heavy atom. The van der Waals surface area contributed by atoms with Crippen LogP contribution in [0.3, 0.4) is 0 Å². The predicted octanol–water partition coefficient (Wildman–Crippen LogP) is 1.79. The van der Waals surface area contributed by atoms with Gasteiger partial charge in [0.2, 0.25) is 17.7 Å². The molecule has 4 atom stereocenters. The highest BCUT2D eigenvalue weighted by molar-refractivity contribution is 7.13. The summed E-state index contributed by atoms with van der Waals surface area (Å²) in [5.74, 6) is -1.75. The van der Waals surface area contributed by atoms with Crippen LogP contribution in [-0.4, -0.2) is 82.7 Å². The Balaban J connectivity index is 1.43. The van der Waals surface area contributed by atoms with E-state index in [0.29, 0.717) is 37.3 Å². The third kappa shape index (κ3) is 8.01. The Morgan fingerprint density at radius 2 is 1.83 bits per heavy atom. The van der Waals surface area contributed by atoms with Crippen LogP contribution in [0.1, 0.15) is 60.3 Å². The average Bonchev–Trinajstić information content (AvgIpc) is 3.32. The number of likely N-dealkylation sites (tertiary alicyclic amines) is 1. The average molecular weight is 598 g/mol. The third-order valence-corrected chi connectivity index (χ3v) is 8.39. The Kier molecular flexibility index (Phi) is 10.1. The molecule has 1 aromatic heterocycles. The van der Waals surface area contributed by atoms with Gasteiger partial charge in [0.1, 0.15) is 22.6 Å². The van der Waals surface area contributed by atoms with Crippen LogP contribution >= 0.6 is 11.3 Å². The molecule has 42 heavy (non-hydrogen) atoms. The van der Waals surface area contributed by atoms with Crippen LogP contribution in [0.2, 0.25) is 0 Å². The van der Waals surface area contributed by atoms with Crippen molar-refractivity contribution >= 4 is 40.7 Å². The number of hydrogen-bond donors (Lipinski definition) is 3. The number of nitrogens with zero attached hydrogens (tertiary/aromatic N) is 2. The van der Waals surface area contributed by atoms with Gasteiger partial charge in [0.05, 0.1) is 30.4 Å². The van der Waals surface area contributed by atoms with Crippen LogP contribution in [0, 0.1) is 12.8 Å². The molecule has 4 amide bonds. The Labute approximate surface area is 249 Å². The SMILES string of the molecule is Cc1ncc(C(=O)NCC(=O)N2CCC[C@H]2C(=O)N[C@@H](Cc2ccccc2)C(=O)NC(CC(C)C)C(=O)[C@@]2(C)CO2)s1. The van der Waals surface area contributed by atoms with Crippen LogP contribution < -0.4 is 16.0 Å². The van der Waals surface area contributed by atoms with Crippen molar-refractivity contribution in [2.45, 2.75) is 77.1 Å². The van der Waals surface area contributed by atoms with Crippen molar-refractivity contribution in [1.29, 1.82) is 0 Å². The van der Waals surface area contributed by atoms with Crippen molar-refractivity contribution in [3.63, 3.8) is 0 Å². The Bertz CT molecular complexity index is 1310. The maximum Gasteiger partial charge on any atom is 0.263 e. The monoisotopic (exact) mass is 597 g/mol. The Hall–Kier alpha value is -3.64. The second kappa shape index (κ2) is 13.6. The van der Waals surface area contributed by atoms with Gasteiger partial charge in [0.25, 0.3) is 5.91 Å². The highest BCUT2D eigenvalue weighted by Crippen LogP contribution is 2.29. The summed E-state index contributed by atoms with van der Waals surface area (Å²) in [7, 11) is 0. The topological polar surface area (TPSA) is 150 Å². The highest BCUT2D eigenvalue weighted by Gasteiger charge is 2.50. The third-order valence-electron chi connectivity index (χ3n) is 7.48. The maximum atomic E-state index is 13.6. The number of nitrogens with one attached hydrogen (secondary N) is 3. The smallest absolute Gasteiger partial charge is 0.263 e. The van der Waals surface area contributed by atoms with Gasteiger partial charge >= 0.3 is 0 Å². The van der Waals surface area contributed by atoms with Crippen molar-refractivity contribution in [2.24, 2.45) is 5.92 Å². The van der Waals surface area contributed by atoms with E-state index >= 15 is 0 Å². The number of ketones is 1. The fraction of sp³-hybridized carbons (Fsp3) is 0.533. The van der Waals surface area contributed by atoms with E-state index in [9.17, 15) is 24.0 Å². The first-order valence-corrected chi connectivity index (χ1v) is 15.1. The van der Waals surface area contributed by atoms with Gasteiger partial charge in [-0.3, -0.25) is 24.0 Å². The van der Waals surface area contributed by atoms with E-state index in [0.717, 1.165) is 10.6 Å². The summed E-state index contributed by atoms with van der Waals surface area (Å²) >= 11 is 1.23. The quantitative estimate of drug-likeness (QED) is 0.298. The molecule has 3 N–H and O–H groups in total. The number of benzene rings is 1. The fourth-order valence-electron chi connectivity index (χ4n) is 5.07. The molecule has 2 aromatic rings. The molecule has 2 aliphatic rings.